The second-order valence-electron chi connectivity index (χ2n) is 9.28. The van der Waals surface area contributed by atoms with Gasteiger partial charge in [-0.05, 0) is 50.3 Å². The van der Waals surface area contributed by atoms with Crippen LogP contribution in [-0.4, -0.2) is 47.4 Å². The van der Waals surface area contributed by atoms with Crippen LogP contribution in [0.3, 0.4) is 0 Å². The van der Waals surface area contributed by atoms with Gasteiger partial charge in [-0.1, -0.05) is 24.3 Å². The molecule has 33 heavy (non-hydrogen) atoms. The van der Waals surface area contributed by atoms with Gasteiger partial charge < -0.3 is 19.0 Å². The van der Waals surface area contributed by atoms with Gasteiger partial charge in [-0.15, -0.1) is 0 Å². The van der Waals surface area contributed by atoms with Crippen molar-refractivity contribution in [3.8, 4) is 16.9 Å². The molecule has 1 saturated heterocycles. The average molecular weight is 448 g/mol. The number of ether oxygens (including phenoxy) is 2. The molecule has 174 valence electrons. The van der Waals surface area contributed by atoms with Crippen LogP contribution in [0.4, 0.5) is 0 Å². The molecule has 1 N–H and O–H groups in total. The van der Waals surface area contributed by atoms with Crippen LogP contribution >= 0.6 is 0 Å². The molecule has 0 bridgehead atoms. The summed E-state index contributed by atoms with van der Waals surface area (Å²) in [5.41, 5.74) is 4.99. The molecular formula is C27H33N3O3. The summed E-state index contributed by atoms with van der Waals surface area (Å²) in [6.07, 6.45) is 8.48. The molecular weight excluding hydrogens is 414 g/mol. The molecule has 5 rings (SSSR count). The molecule has 0 atom stereocenters. The first kappa shape index (κ1) is 22.0. The Morgan fingerprint density at radius 3 is 2.79 bits per heavy atom. The van der Waals surface area contributed by atoms with Crippen LogP contribution < -0.4 is 10.3 Å². The van der Waals surface area contributed by atoms with Crippen molar-refractivity contribution in [1.29, 1.82) is 0 Å². The number of aromatic nitrogens is 2. The van der Waals surface area contributed by atoms with Gasteiger partial charge in [-0.3, -0.25) is 9.69 Å². The molecule has 3 heterocycles. The van der Waals surface area contributed by atoms with E-state index in [9.17, 15) is 4.79 Å². The van der Waals surface area contributed by atoms with Crippen molar-refractivity contribution in [2.24, 2.45) is 5.92 Å². The summed E-state index contributed by atoms with van der Waals surface area (Å²) in [7, 11) is 0. The van der Waals surface area contributed by atoms with Gasteiger partial charge in [0, 0.05) is 54.6 Å². The van der Waals surface area contributed by atoms with E-state index in [4.69, 9.17) is 9.47 Å². The van der Waals surface area contributed by atoms with Crippen molar-refractivity contribution in [3.63, 3.8) is 0 Å². The lowest BCUT2D eigenvalue weighted by molar-refractivity contribution is 0.0338. The highest BCUT2D eigenvalue weighted by Crippen LogP contribution is 2.35. The Morgan fingerprint density at radius 1 is 1.21 bits per heavy atom. The van der Waals surface area contributed by atoms with Crippen molar-refractivity contribution in [2.75, 3.05) is 32.9 Å². The standard InChI is InChI=1S/C27H33N3O3/c1-3-4-9-30-17-24(23-14-19(2)28-26(23)27(30)31)21-7-8-22(16-29-10-12-32-13-11-29)25(15-21)33-18-20-5-6-20/h3-4,7-8,14-15,17,20,28H,5-6,9-13,16,18H2,1-2H3/b4-3+. The maximum atomic E-state index is 13.0. The number of hydrogen-bond acceptors (Lipinski definition) is 4. The van der Waals surface area contributed by atoms with Crippen LogP contribution in [0.2, 0.25) is 0 Å². The van der Waals surface area contributed by atoms with E-state index >= 15 is 0 Å². The second kappa shape index (κ2) is 9.57. The lowest BCUT2D eigenvalue weighted by Gasteiger charge is -2.27. The Hall–Kier alpha value is -2.83. The second-order valence-corrected chi connectivity index (χ2v) is 9.28. The van der Waals surface area contributed by atoms with E-state index in [1.807, 2.05) is 32.2 Å². The highest BCUT2D eigenvalue weighted by atomic mass is 16.5. The molecule has 6 heteroatoms. The maximum absolute atomic E-state index is 13.0. The summed E-state index contributed by atoms with van der Waals surface area (Å²) < 4.78 is 13.6. The average Bonchev–Trinajstić information content (AvgIpc) is 3.58. The highest BCUT2D eigenvalue weighted by Gasteiger charge is 2.23. The number of fused-ring (bicyclic) bond motifs is 1. The van der Waals surface area contributed by atoms with Crippen molar-refractivity contribution in [2.45, 2.75) is 39.8 Å². The van der Waals surface area contributed by atoms with E-state index in [0.717, 1.165) is 67.4 Å². The van der Waals surface area contributed by atoms with E-state index in [-0.39, 0.29) is 5.56 Å². The molecule has 1 aliphatic heterocycles. The molecule has 2 fully saturated rings. The summed E-state index contributed by atoms with van der Waals surface area (Å²) in [5.74, 6) is 1.64. The maximum Gasteiger partial charge on any atom is 0.275 e. The fourth-order valence-electron chi connectivity index (χ4n) is 4.46. The minimum absolute atomic E-state index is 0.00842. The first-order valence-electron chi connectivity index (χ1n) is 12.0. The lowest BCUT2D eigenvalue weighted by Crippen LogP contribution is -2.35. The fraction of sp³-hybridized carbons (Fsp3) is 0.444. The molecule has 0 radical (unpaired) electrons. The summed E-state index contributed by atoms with van der Waals surface area (Å²) in [4.78, 5) is 18.7. The zero-order valence-corrected chi connectivity index (χ0v) is 19.6. The molecule has 0 amide bonds. The van der Waals surface area contributed by atoms with Gasteiger partial charge >= 0.3 is 0 Å². The predicted octanol–water partition coefficient (Wildman–Crippen LogP) is 4.50. The van der Waals surface area contributed by atoms with E-state index < -0.39 is 0 Å². The molecule has 0 unspecified atom stereocenters. The number of morpholine rings is 1. The minimum atomic E-state index is 0.00842. The Labute approximate surface area is 194 Å². The number of hydrogen-bond donors (Lipinski definition) is 1. The Balaban J connectivity index is 1.55. The first-order chi connectivity index (χ1) is 16.1. The van der Waals surface area contributed by atoms with Crippen molar-refractivity contribution in [1.82, 2.24) is 14.5 Å². The van der Waals surface area contributed by atoms with Crippen LogP contribution in [-0.2, 0) is 17.8 Å². The van der Waals surface area contributed by atoms with Gasteiger partial charge in [-0.2, -0.15) is 0 Å². The summed E-state index contributed by atoms with van der Waals surface area (Å²) in [6, 6.07) is 8.60. The van der Waals surface area contributed by atoms with Gasteiger partial charge in [0.1, 0.15) is 11.3 Å². The molecule has 3 aromatic rings. The quantitative estimate of drug-likeness (QED) is 0.517. The number of nitrogens with zero attached hydrogens (tertiary/aromatic N) is 2. The monoisotopic (exact) mass is 447 g/mol. The number of benzene rings is 1. The summed E-state index contributed by atoms with van der Waals surface area (Å²) in [5, 5.41) is 0.961. The van der Waals surface area contributed by atoms with Gasteiger partial charge in [0.15, 0.2) is 0 Å². The zero-order chi connectivity index (χ0) is 22.8. The van der Waals surface area contributed by atoms with E-state index in [1.165, 1.54) is 18.4 Å². The molecule has 2 aliphatic rings. The first-order valence-corrected chi connectivity index (χ1v) is 12.0. The van der Waals surface area contributed by atoms with E-state index in [0.29, 0.717) is 18.0 Å². The lowest BCUT2D eigenvalue weighted by atomic mass is 10.0. The minimum Gasteiger partial charge on any atom is -0.493 e. The molecule has 1 aromatic carbocycles. The number of nitrogens with one attached hydrogen (secondary N) is 1. The number of rotatable bonds is 8. The third-order valence-electron chi connectivity index (χ3n) is 6.59. The van der Waals surface area contributed by atoms with Crippen LogP contribution in [0.5, 0.6) is 5.75 Å². The van der Waals surface area contributed by atoms with Crippen molar-refractivity contribution < 1.29 is 9.47 Å². The number of pyridine rings is 1. The Bertz CT molecular complexity index is 1210. The van der Waals surface area contributed by atoms with E-state index in [2.05, 4.69) is 34.1 Å². The van der Waals surface area contributed by atoms with Crippen molar-refractivity contribution >= 4 is 10.9 Å². The Kier molecular flexibility index (Phi) is 6.38. The van der Waals surface area contributed by atoms with Gasteiger partial charge in [-0.25, -0.2) is 0 Å². The van der Waals surface area contributed by atoms with Crippen molar-refractivity contribution in [3.05, 3.63) is 64.2 Å². The Morgan fingerprint density at radius 2 is 2.03 bits per heavy atom. The molecule has 2 aromatic heterocycles. The highest BCUT2D eigenvalue weighted by molar-refractivity contribution is 5.95. The van der Waals surface area contributed by atoms with Gasteiger partial charge in [0.2, 0.25) is 0 Å². The largest absolute Gasteiger partial charge is 0.493 e. The van der Waals surface area contributed by atoms with Gasteiger partial charge in [0.05, 0.1) is 19.8 Å². The van der Waals surface area contributed by atoms with Crippen LogP contribution in [0, 0.1) is 12.8 Å². The number of H-pyrrole nitrogens is 1. The normalized spacial score (nSPS) is 17.3. The zero-order valence-electron chi connectivity index (χ0n) is 19.6. The summed E-state index contributed by atoms with van der Waals surface area (Å²) >= 11 is 0. The molecule has 1 aliphatic carbocycles. The number of aryl methyl sites for hydroxylation is 1. The van der Waals surface area contributed by atoms with Crippen LogP contribution in [0.15, 0.2) is 47.4 Å². The summed E-state index contributed by atoms with van der Waals surface area (Å²) in [6.45, 7) is 9.63. The van der Waals surface area contributed by atoms with E-state index in [1.54, 1.807) is 4.57 Å². The third-order valence-corrected chi connectivity index (χ3v) is 6.59. The predicted molar refractivity (Wildman–Crippen MR) is 132 cm³/mol. The third kappa shape index (κ3) is 4.92. The number of aromatic amines is 1. The van der Waals surface area contributed by atoms with Crippen LogP contribution in [0.1, 0.15) is 31.0 Å². The van der Waals surface area contributed by atoms with Crippen LogP contribution in [0.25, 0.3) is 22.0 Å². The fourth-order valence-corrected chi connectivity index (χ4v) is 4.46. The molecule has 1 saturated carbocycles. The smallest absolute Gasteiger partial charge is 0.275 e. The molecule has 0 spiro atoms. The topological polar surface area (TPSA) is 59.5 Å². The molecule has 6 nitrogen and oxygen atoms in total. The van der Waals surface area contributed by atoms with Gasteiger partial charge in [0.25, 0.3) is 5.56 Å². The SMILES string of the molecule is C/C=C/Cn1cc(-c2ccc(CN3CCOCC3)c(OCC3CC3)c2)c2cc(C)[nH]c2c1=O. The number of allylic oxidation sites excluding steroid dienone is 2.